The van der Waals surface area contributed by atoms with Gasteiger partial charge in [0.2, 0.25) is 0 Å². The summed E-state index contributed by atoms with van der Waals surface area (Å²) in [6, 6.07) is 4.60. The molecule has 0 saturated heterocycles. The van der Waals surface area contributed by atoms with Crippen molar-refractivity contribution in [3.8, 4) is 5.75 Å². The van der Waals surface area contributed by atoms with E-state index in [0.29, 0.717) is 5.69 Å². The van der Waals surface area contributed by atoms with Gasteiger partial charge in [0.25, 0.3) is 0 Å². The molecule has 21 heavy (non-hydrogen) atoms. The van der Waals surface area contributed by atoms with E-state index in [1.807, 2.05) is 27.7 Å². The molecule has 2 N–H and O–H groups in total. The van der Waals surface area contributed by atoms with Gasteiger partial charge in [-0.1, -0.05) is 0 Å². The van der Waals surface area contributed by atoms with Crippen molar-refractivity contribution in [2.45, 2.75) is 58.8 Å². The van der Waals surface area contributed by atoms with Gasteiger partial charge in [-0.3, -0.25) is 10.1 Å². The highest BCUT2D eigenvalue weighted by molar-refractivity contribution is 5.59. The van der Waals surface area contributed by atoms with E-state index in [1.54, 1.807) is 26.0 Å². The first-order valence-electron chi connectivity index (χ1n) is 6.89. The molecule has 6 nitrogen and oxygen atoms in total. The number of nitrogens with one attached hydrogen (secondary N) is 1. The van der Waals surface area contributed by atoms with E-state index in [-0.39, 0.29) is 17.5 Å². The second-order valence-electron chi connectivity index (χ2n) is 6.42. The van der Waals surface area contributed by atoms with Gasteiger partial charge in [0, 0.05) is 17.8 Å². The van der Waals surface area contributed by atoms with E-state index >= 15 is 0 Å². The van der Waals surface area contributed by atoms with Crippen LogP contribution in [-0.4, -0.2) is 27.3 Å². The van der Waals surface area contributed by atoms with E-state index in [1.165, 1.54) is 6.07 Å². The minimum Gasteiger partial charge on any atom is -0.484 e. The number of nitro groups is 1. The van der Waals surface area contributed by atoms with Gasteiger partial charge in [-0.25, -0.2) is 0 Å². The highest BCUT2D eigenvalue weighted by Crippen LogP contribution is 2.33. The molecule has 0 aliphatic carbocycles. The molecule has 118 valence electrons. The van der Waals surface area contributed by atoms with Gasteiger partial charge in [-0.05, 0) is 47.6 Å². The van der Waals surface area contributed by atoms with Crippen LogP contribution in [0.25, 0.3) is 0 Å². The van der Waals surface area contributed by atoms with Crippen LogP contribution in [0.5, 0.6) is 5.75 Å². The summed E-state index contributed by atoms with van der Waals surface area (Å²) in [4.78, 5) is 10.6. The SMILES string of the molecule is CC(C)Oc1cc(NC(C)(C)C(C)(C)O)ccc1[N+](=O)[O-]. The standard InChI is InChI=1S/C15H24N2O4/c1-10(2)21-13-9-11(7-8-12(13)17(19)20)16-14(3,4)15(5,6)18/h7-10,16,18H,1-6H3. The summed E-state index contributed by atoms with van der Waals surface area (Å²) < 4.78 is 5.50. The van der Waals surface area contributed by atoms with Crippen molar-refractivity contribution in [1.82, 2.24) is 0 Å². The lowest BCUT2D eigenvalue weighted by atomic mass is 9.86. The Hall–Kier alpha value is -1.82. The van der Waals surface area contributed by atoms with Gasteiger partial charge < -0.3 is 15.2 Å². The summed E-state index contributed by atoms with van der Waals surface area (Å²) in [5.41, 5.74) is -0.995. The van der Waals surface area contributed by atoms with Gasteiger partial charge in [-0.2, -0.15) is 0 Å². The molecule has 0 saturated carbocycles. The fraction of sp³-hybridized carbons (Fsp3) is 0.600. The maximum atomic E-state index is 11.0. The normalized spacial score (nSPS) is 12.4. The zero-order chi connectivity index (χ0) is 16.4. The maximum absolute atomic E-state index is 11.0. The number of rotatable bonds is 6. The van der Waals surface area contributed by atoms with Crippen molar-refractivity contribution in [1.29, 1.82) is 0 Å². The molecule has 0 aliphatic rings. The molecule has 0 atom stereocenters. The first-order chi connectivity index (χ1) is 9.44. The van der Waals surface area contributed by atoms with Gasteiger partial charge in [-0.15, -0.1) is 0 Å². The molecule has 6 heteroatoms. The minimum absolute atomic E-state index is 0.0738. The molecular formula is C15H24N2O4. The Bertz CT molecular complexity index is 519. The Labute approximate surface area is 125 Å². The molecule has 1 aromatic rings. The minimum atomic E-state index is -0.964. The highest BCUT2D eigenvalue weighted by Gasteiger charge is 2.35. The molecule has 0 spiro atoms. The zero-order valence-corrected chi connectivity index (χ0v) is 13.4. The van der Waals surface area contributed by atoms with Crippen LogP contribution in [0.3, 0.4) is 0 Å². The number of benzene rings is 1. The van der Waals surface area contributed by atoms with Crippen LogP contribution >= 0.6 is 0 Å². The van der Waals surface area contributed by atoms with Crippen LogP contribution in [0.2, 0.25) is 0 Å². The molecule has 0 aromatic heterocycles. The molecule has 0 heterocycles. The summed E-state index contributed by atoms with van der Waals surface area (Å²) in [6.45, 7) is 10.7. The third-order valence-corrected chi connectivity index (χ3v) is 3.51. The molecule has 1 aromatic carbocycles. The van der Waals surface area contributed by atoms with E-state index in [2.05, 4.69) is 5.32 Å². The predicted molar refractivity (Wildman–Crippen MR) is 82.9 cm³/mol. The molecule has 0 radical (unpaired) electrons. The van der Waals surface area contributed by atoms with E-state index in [4.69, 9.17) is 4.74 Å². The van der Waals surface area contributed by atoms with E-state index in [9.17, 15) is 15.2 Å². The van der Waals surface area contributed by atoms with Crippen molar-refractivity contribution in [2.24, 2.45) is 0 Å². The average Bonchev–Trinajstić information content (AvgIpc) is 2.25. The number of anilines is 1. The second kappa shape index (κ2) is 5.89. The molecule has 0 unspecified atom stereocenters. The summed E-state index contributed by atoms with van der Waals surface area (Å²) in [6.07, 6.45) is -0.166. The Morgan fingerprint density at radius 1 is 1.29 bits per heavy atom. The second-order valence-corrected chi connectivity index (χ2v) is 6.42. The number of nitrogens with zero attached hydrogens (tertiary/aromatic N) is 1. The van der Waals surface area contributed by atoms with Gasteiger partial charge in [0.05, 0.1) is 22.2 Å². The number of hydrogen-bond acceptors (Lipinski definition) is 5. The number of nitro benzene ring substituents is 1. The summed E-state index contributed by atoms with van der Waals surface area (Å²) in [5, 5.41) is 24.4. The molecular weight excluding hydrogens is 272 g/mol. The van der Waals surface area contributed by atoms with E-state index in [0.717, 1.165) is 0 Å². The van der Waals surface area contributed by atoms with Crippen LogP contribution in [-0.2, 0) is 0 Å². The van der Waals surface area contributed by atoms with Gasteiger partial charge in [0.15, 0.2) is 5.75 Å². The van der Waals surface area contributed by atoms with Crippen LogP contribution in [0, 0.1) is 10.1 Å². The Morgan fingerprint density at radius 2 is 1.86 bits per heavy atom. The molecule has 0 fully saturated rings. The highest BCUT2D eigenvalue weighted by atomic mass is 16.6. The van der Waals surface area contributed by atoms with Gasteiger partial charge >= 0.3 is 5.69 Å². The molecule has 0 amide bonds. The Balaban J connectivity index is 3.14. The first kappa shape index (κ1) is 17.2. The quantitative estimate of drug-likeness (QED) is 0.621. The lowest BCUT2D eigenvalue weighted by Gasteiger charge is -2.39. The molecule has 1 rings (SSSR count). The summed E-state index contributed by atoms with van der Waals surface area (Å²) in [7, 11) is 0. The zero-order valence-electron chi connectivity index (χ0n) is 13.4. The number of aliphatic hydroxyl groups is 1. The monoisotopic (exact) mass is 296 g/mol. The molecule has 0 bridgehead atoms. The van der Waals surface area contributed by atoms with Gasteiger partial charge in [0.1, 0.15) is 0 Å². The smallest absolute Gasteiger partial charge is 0.311 e. The summed E-state index contributed by atoms with van der Waals surface area (Å²) in [5.74, 6) is 0.214. The first-order valence-corrected chi connectivity index (χ1v) is 6.89. The predicted octanol–water partition coefficient (Wildman–Crippen LogP) is 3.34. The maximum Gasteiger partial charge on any atom is 0.311 e. The van der Waals surface area contributed by atoms with Crippen LogP contribution < -0.4 is 10.1 Å². The largest absolute Gasteiger partial charge is 0.484 e. The van der Waals surface area contributed by atoms with Crippen molar-refractivity contribution in [3.05, 3.63) is 28.3 Å². The third-order valence-electron chi connectivity index (χ3n) is 3.51. The molecule has 0 aliphatic heterocycles. The third kappa shape index (κ3) is 4.32. The Kier molecular flexibility index (Phi) is 4.83. The van der Waals surface area contributed by atoms with Crippen molar-refractivity contribution in [2.75, 3.05) is 5.32 Å². The Morgan fingerprint density at radius 3 is 2.29 bits per heavy atom. The average molecular weight is 296 g/mol. The lowest BCUT2D eigenvalue weighted by Crippen LogP contribution is -2.51. The van der Waals surface area contributed by atoms with Crippen molar-refractivity contribution >= 4 is 11.4 Å². The van der Waals surface area contributed by atoms with Crippen molar-refractivity contribution < 1.29 is 14.8 Å². The van der Waals surface area contributed by atoms with Crippen LogP contribution in [0.15, 0.2) is 18.2 Å². The fourth-order valence-corrected chi connectivity index (χ4v) is 1.60. The van der Waals surface area contributed by atoms with E-state index < -0.39 is 16.1 Å². The summed E-state index contributed by atoms with van der Waals surface area (Å²) >= 11 is 0. The van der Waals surface area contributed by atoms with Crippen LogP contribution in [0.1, 0.15) is 41.5 Å². The fourth-order valence-electron chi connectivity index (χ4n) is 1.60. The number of ether oxygens (including phenoxy) is 1. The topological polar surface area (TPSA) is 84.6 Å². The lowest BCUT2D eigenvalue weighted by molar-refractivity contribution is -0.386. The number of hydrogen-bond donors (Lipinski definition) is 2. The van der Waals surface area contributed by atoms with Crippen LogP contribution in [0.4, 0.5) is 11.4 Å². The van der Waals surface area contributed by atoms with Crippen molar-refractivity contribution in [3.63, 3.8) is 0 Å².